The van der Waals surface area contributed by atoms with E-state index in [2.05, 4.69) is 9.88 Å². The normalized spacial score (nSPS) is 10.7. The number of likely N-dealkylation sites (N-methyl/N-ethyl adjacent to an activating group) is 1. The Hall–Kier alpha value is -1.91. The molecule has 0 spiro atoms. The summed E-state index contributed by atoms with van der Waals surface area (Å²) in [6.07, 6.45) is 3.27. The van der Waals surface area contributed by atoms with Gasteiger partial charge >= 0.3 is 0 Å². The summed E-state index contributed by atoms with van der Waals surface area (Å²) in [4.78, 5) is 20.6. The first-order valence-corrected chi connectivity index (χ1v) is 7.52. The summed E-state index contributed by atoms with van der Waals surface area (Å²) in [7, 11) is 3.99. The third kappa shape index (κ3) is 4.83. The average molecular weight is 318 g/mol. The van der Waals surface area contributed by atoms with Crippen molar-refractivity contribution in [2.24, 2.45) is 0 Å². The van der Waals surface area contributed by atoms with Crippen LogP contribution in [0, 0.1) is 0 Å². The fraction of sp³-hybridized carbons (Fsp3) is 0.294. The summed E-state index contributed by atoms with van der Waals surface area (Å²) in [6, 6.07) is 11.1. The summed E-state index contributed by atoms with van der Waals surface area (Å²) in [6.45, 7) is 2.02. The molecule has 2 aromatic rings. The van der Waals surface area contributed by atoms with E-state index in [4.69, 9.17) is 11.6 Å². The van der Waals surface area contributed by atoms with Crippen LogP contribution >= 0.6 is 11.6 Å². The van der Waals surface area contributed by atoms with Gasteiger partial charge in [0, 0.05) is 37.1 Å². The summed E-state index contributed by atoms with van der Waals surface area (Å²) in [5, 5.41) is 0.696. The van der Waals surface area contributed by atoms with Crippen molar-refractivity contribution in [2.75, 3.05) is 27.2 Å². The van der Waals surface area contributed by atoms with Crippen LogP contribution in [-0.2, 0) is 6.54 Å². The molecule has 22 heavy (non-hydrogen) atoms. The van der Waals surface area contributed by atoms with E-state index in [1.54, 1.807) is 24.5 Å². The highest BCUT2D eigenvalue weighted by Gasteiger charge is 2.16. The Kier molecular flexibility index (Phi) is 5.92. The summed E-state index contributed by atoms with van der Waals surface area (Å²) in [5.74, 6) is -0.00935. The van der Waals surface area contributed by atoms with Crippen LogP contribution in [0.15, 0.2) is 48.8 Å². The van der Waals surface area contributed by atoms with E-state index in [9.17, 15) is 4.79 Å². The molecule has 2 rings (SSSR count). The Morgan fingerprint density at radius 2 is 1.86 bits per heavy atom. The van der Waals surface area contributed by atoms with Gasteiger partial charge < -0.3 is 9.80 Å². The van der Waals surface area contributed by atoms with Gasteiger partial charge in [-0.2, -0.15) is 0 Å². The van der Waals surface area contributed by atoms with Gasteiger partial charge in [0.05, 0.1) is 5.56 Å². The Morgan fingerprint density at radius 3 is 2.45 bits per heavy atom. The van der Waals surface area contributed by atoms with Crippen molar-refractivity contribution in [3.63, 3.8) is 0 Å². The minimum atomic E-state index is -0.00935. The zero-order valence-electron chi connectivity index (χ0n) is 12.9. The summed E-state index contributed by atoms with van der Waals surface area (Å²) < 4.78 is 0. The number of carbonyl (C=O) groups is 1. The molecular weight excluding hydrogens is 298 g/mol. The third-order valence-corrected chi connectivity index (χ3v) is 3.55. The van der Waals surface area contributed by atoms with Crippen molar-refractivity contribution < 1.29 is 4.79 Å². The van der Waals surface area contributed by atoms with Crippen LogP contribution in [0.1, 0.15) is 15.9 Å². The lowest BCUT2D eigenvalue weighted by Crippen LogP contribution is -2.36. The van der Waals surface area contributed by atoms with Crippen LogP contribution in [0.3, 0.4) is 0 Å². The molecule has 4 nitrogen and oxygen atoms in total. The van der Waals surface area contributed by atoms with Crippen molar-refractivity contribution in [1.82, 2.24) is 14.8 Å². The second kappa shape index (κ2) is 7.92. The number of pyridine rings is 1. The fourth-order valence-electron chi connectivity index (χ4n) is 2.06. The molecule has 116 valence electrons. The van der Waals surface area contributed by atoms with Crippen molar-refractivity contribution in [3.8, 4) is 0 Å². The number of nitrogens with zero attached hydrogens (tertiary/aromatic N) is 3. The summed E-state index contributed by atoms with van der Waals surface area (Å²) >= 11 is 5.91. The maximum Gasteiger partial charge on any atom is 0.255 e. The van der Waals surface area contributed by atoms with E-state index >= 15 is 0 Å². The molecule has 0 N–H and O–H groups in total. The minimum Gasteiger partial charge on any atom is -0.333 e. The molecule has 1 amide bonds. The van der Waals surface area contributed by atoms with Gasteiger partial charge in [-0.05, 0) is 43.9 Å². The number of hydrogen-bond donors (Lipinski definition) is 0. The average Bonchev–Trinajstić information content (AvgIpc) is 2.53. The molecule has 5 heteroatoms. The summed E-state index contributed by atoms with van der Waals surface area (Å²) in [5.41, 5.74) is 1.66. The van der Waals surface area contributed by atoms with Gasteiger partial charge in [0.25, 0.3) is 5.91 Å². The number of halogens is 1. The van der Waals surface area contributed by atoms with Crippen molar-refractivity contribution in [2.45, 2.75) is 6.54 Å². The first kappa shape index (κ1) is 16.5. The van der Waals surface area contributed by atoms with Crippen LogP contribution in [0.2, 0.25) is 5.02 Å². The second-order valence-electron chi connectivity index (χ2n) is 5.40. The maximum absolute atomic E-state index is 12.7. The third-order valence-electron chi connectivity index (χ3n) is 3.30. The van der Waals surface area contributed by atoms with E-state index in [0.29, 0.717) is 23.7 Å². The maximum atomic E-state index is 12.7. The second-order valence-corrected chi connectivity index (χ2v) is 5.83. The Labute approximate surface area is 136 Å². The molecule has 0 saturated heterocycles. The number of amides is 1. The van der Waals surface area contributed by atoms with Crippen molar-refractivity contribution >= 4 is 17.5 Å². The van der Waals surface area contributed by atoms with E-state index in [0.717, 1.165) is 12.1 Å². The van der Waals surface area contributed by atoms with E-state index < -0.39 is 0 Å². The standard InChI is InChI=1S/C17H20ClN3O/c1-20(2)10-11-21(13-14-5-7-16(18)8-6-14)17(22)15-4-3-9-19-12-15/h3-9,12H,10-11,13H2,1-2H3. The zero-order chi connectivity index (χ0) is 15.9. The van der Waals surface area contributed by atoms with E-state index in [-0.39, 0.29) is 5.91 Å². The minimum absolute atomic E-state index is 0.00935. The van der Waals surface area contributed by atoms with Crippen molar-refractivity contribution in [1.29, 1.82) is 0 Å². The predicted molar refractivity (Wildman–Crippen MR) is 89.0 cm³/mol. The fourth-order valence-corrected chi connectivity index (χ4v) is 2.18. The van der Waals surface area contributed by atoms with Gasteiger partial charge in [0.1, 0.15) is 0 Å². The monoisotopic (exact) mass is 317 g/mol. The molecule has 0 atom stereocenters. The quantitative estimate of drug-likeness (QED) is 0.822. The van der Waals surface area contributed by atoms with Gasteiger partial charge in [-0.1, -0.05) is 23.7 Å². The number of rotatable bonds is 6. The molecule has 0 radical (unpaired) electrons. The molecule has 1 aromatic carbocycles. The van der Waals surface area contributed by atoms with Gasteiger partial charge in [-0.25, -0.2) is 0 Å². The highest BCUT2D eigenvalue weighted by atomic mass is 35.5. The Bertz CT molecular complexity index is 599. The van der Waals surface area contributed by atoms with Crippen LogP contribution in [0.5, 0.6) is 0 Å². The lowest BCUT2D eigenvalue weighted by molar-refractivity contribution is 0.0731. The van der Waals surface area contributed by atoms with Crippen LogP contribution in [0.4, 0.5) is 0 Å². The van der Waals surface area contributed by atoms with Crippen LogP contribution < -0.4 is 0 Å². The smallest absolute Gasteiger partial charge is 0.255 e. The van der Waals surface area contributed by atoms with Gasteiger partial charge in [0.2, 0.25) is 0 Å². The molecule has 0 aliphatic carbocycles. The number of hydrogen-bond acceptors (Lipinski definition) is 3. The molecular formula is C17H20ClN3O. The zero-order valence-corrected chi connectivity index (χ0v) is 13.6. The lowest BCUT2D eigenvalue weighted by atomic mass is 10.2. The molecule has 0 bridgehead atoms. The molecule has 0 unspecified atom stereocenters. The highest BCUT2D eigenvalue weighted by molar-refractivity contribution is 6.30. The van der Waals surface area contributed by atoms with E-state index in [1.807, 2.05) is 43.3 Å². The first-order valence-electron chi connectivity index (χ1n) is 7.15. The molecule has 0 fully saturated rings. The molecule has 1 heterocycles. The molecule has 0 saturated carbocycles. The lowest BCUT2D eigenvalue weighted by Gasteiger charge is -2.24. The Balaban J connectivity index is 2.14. The number of benzene rings is 1. The molecule has 0 aliphatic rings. The first-order chi connectivity index (χ1) is 10.6. The van der Waals surface area contributed by atoms with Crippen molar-refractivity contribution in [3.05, 3.63) is 64.9 Å². The number of aromatic nitrogens is 1. The number of carbonyl (C=O) groups excluding carboxylic acids is 1. The van der Waals surface area contributed by atoms with Crippen LogP contribution in [-0.4, -0.2) is 47.9 Å². The van der Waals surface area contributed by atoms with Gasteiger partial charge in [-0.15, -0.1) is 0 Å². The molecule has 0 aliphatic heterocycles. The largest absolute Gasteiger partial charge is 0.333 e. The highest BCUT2D eigenvalue weighted by Crippen LogP contribution is 2.13. The van der Waals surface area contributed by atoms with Gasteiger partial charge in [0.15, 0.2) is 0 Å². The predicted octanol–water partition coefficient (Wildman–Crippen LogP) is 2.94. The molecule has 1 aromatic heterocycles. The van der Waals surface area contributed by atoms with Gasteiger partial charge in [-0.3, -0.25) is 9.78 Å². The Morgan fingerprint density at radius 1 is 1.14 bits per heavy atom. The van der Waals surface area contributed by atoms with Crippen LogP contribution in [0.25, 0.3) is 0 Å². The SMILES string of the molecule is CN(C)CCN(Cc1ccc(Cl)cc1)C(=O)c1cccnc1. The van der Waals surface area contributed by atoms with E-state index in [1.165, 1.54) is 0 Å². The topological polar surface area (TPSA) is 36.4 Å².